The summed E-state index contributed by atoms with van der Waals surface area (Å²) in [7, 11) is 0. The van der Waals surface area contributed by atoms with E-state index in [4.69, 9.17) is 0 Å². The quantitative estimate of drug-likeness (QED) is 0.764. The summed E-state index contributed by atoms with van der Waals surface area (Å²) in [6.07, 6.45) is 3.99. The maximum atomic E-state index is 11.7. The number of rotatable bonds is 4. The van der Waals surface area contributed by atoms with Crippen LogP contribution in [0.3, 0.4) is 0 Å². The Labute approximate surface area is 134 Å². The Hall–Kier alpha value is -1.89. The molecule has 3 fully saturated rings. The number of hydrogen-bond acceptors (Lipinski definition) is 4. The van der Waals surface area contributed by atoms with Gasteiger partial charge < -0.3 is 10.4 Å². The van der Waals surface area contributed by atoms with Crippen LogP contribution < -0.4 is 5.32 Å². The lowest BCUT2D eigenvalue weighted by Crippen LogP contribution is -2.55. The van der Waals surface area contributed by atoms with E-state index in [9.17, 15) is 14.7 Å². The lowest BCUT2D eigenvalue weighted by atomic mass is 9.77. The predicted molar refractivity (Wildman–Crippen MR) is 81.7 cm³/mol. The van der Waals surface area contributed by atoms with Crippen LogP contribution >= 0.6 is 0 Å². The predicted octanol–water partition coefficient (Wildman–Crippen LogP) is 0.842. The van der Waals surface area contributed by atoms with Gasteiger partial charge in [-0.2, -0.15) is 5.10 Å². The minimum Gasteiger partial charge on any atom is -0.481 e. The molecule has 1 saturated carbocycles. The minimum atomic E-state index is -0.862. The number of H-pyrrole nitrogens is 1. The first-order valence-electron chi connectivity index (χ1n) is 8.36. The van der Waals surface area contributed by atoms with Crippen molar-refractivity contribution < 1.29 is 14.7 Å². The van der Waals surface area contributed by atoms with Gasteiger partial charge >= 0.3 is 5.97 Å². The Morgan fingerprint density at radius 1 is 1.39 bits per heavy atom. The second-order valence-electron chi connectivity index (χ2n) is 7.17. The number of carboxylic acid groups (broad SMARTS) is 1. The molecule has 2 saturated heterocycles. The van der Waals surface area contributed by atoms with Crippen molar-refractivity contribution in [2.45, 2.75) is 50.1 Å². The number of nitrogens with zero attached hydrogens (tertiary/aromatic N) is 2. The highest BCUT2D eigenvalue weighted by Gasteiger charge is 2.51. The summed E-state index contributed by atoms with van der Waals surface area (Å²) in [5.74, 6) is -0.937. The van der Waals surface area contributed by atoms with Crippen LogP contribution in [0, 0.1) is 5.92 Å². The van der Waals surface area contributed by atoms with Gasteiger partial charge in [-0.05, 0) is 31.7 Å². The summed E-state index contributed by atoms with van der Waals surface area (Å²) >= 11 is 0. The molecule has 23 heavy (non-hydrogen) atoms. The van der Waals surface area contributed by atoms with Crippen molar-refractivity contribution in [3.8, 4) is 0 Å². The van der Waals surface area contributed by atoms with Gasteiger partial charge in [0.2, 0.25) is 5.91 Å². The van der Waals surface area contributed by atoms with E-state index in [-0.39, 0.29) is 12.3 Å². The molecule has 1 atom stereocenters. The molecule has 1 aromatic heterocycles. The average Bonchev–Trinajstić information content (AvgIpc) is 3.18. The van der Waals surface area contributed by atoms with E-state index in [0.29, 0.717) is 18.8 Å². The fourth-order valence-electron chi connectivity index (χ4n) is 3.99. The number of aromatic amines is 1. The first-order chi connectivity index (χ1) is 11.1. The molecule has 0 radical (unpaired) electrons. The molecule has 1 aliphatic carbocycles. The summed E-state index contributed by atoms with van der Waals surface area (Å²) in [5, 5.41) is 19.8. The first kappa shape index (κ1) is 14.7. The summed E-state index contributed by atoms with van der Waals surface area (Å²) in [4.78, 5) is 25.4. The fraction of sp³-hybridized carbons (Fsp3) is 0.688. The molecule has 0 aromatic carbocycles. The normalized spacial score (nSPS) is 27.3. The van der Waals surface area contributed by atoms with Gasteiger partial charge in [0.15, 0.2) is 0 Å². The number of carbonyl (C=O) groups excluding carboxylic acids is 1. The van der Waals surface area contributed by atoms with Gasteiger partial charge in [0.25, 0.3) is 0 Å². The number of likely N-dealkylation sites (tertiary alicyclic amines) is 1. The van der Waals surface area contributed by atoms with Crippen LogP contribution in [0.15, 0.2) is 6.07 Å². The van der Waals surface area contributed by atoms with Crippen LogP contribution in [-0.4, -0.2) is 50.7 Å². The number of piperidine rings is 1. The van der Waals surface area contributed by atoms with E-state index in [1.807, 2.05) is 0 Å². The van der Waals surface area contributed by atoms with Gasteiger partial charge in [0.05, 0.1) is 17.2 Å². The SMILES string of the molecule is O=C1CC(C(=O)O)C2(CCN(Cc3cc(C4CC4)n[nH]3)CC2)N1. The summed E-state index contributed by atoms with van der Waals surface area (Å²) in [5.41, 5.74) is 1.74. The number of aromatic nitrogens is 2. The van der Waals surface area contributed by atoms with Crippen LogP contribution in [0.4, 0.5) is 0 Å². The second-order valence-corrected chi connectivity index (χ2v) is 7.17. The molecule has 3 aliphatic rings. The molecule has 1 aromatic rings. The highest BCUT2D eigenvalue weighted by molar-refractivity contribution is 5.88. The molecule has 3 heterocycles. The van der Waals surface area contributed by atoms with Crippen LogP contribution in [0.25, 0.3) is 0 Å². The van der Waals surface area contributed by atoms with Gasteiger partial charge in [-0.1, -0.05) is 0 Å². The molecule has 7 nitrogen and oxygen atoms in total. The van der Waals surface area contributed by atoms with Gasteiger partial charge in [0, 0.05) is 37.7 Å². The molecule has 2 aliphatic heterocycles. The molecule has 1 spiro atoms. The van der Waals surface area contributed by atoms with Gasteiger partial charge in [0.1, 0.15) is 0 Å². The molecular weight excluding hydrogens is 296 g/mol. The van der Waals surface area contributed by atoms with Crippen LogP contribution in [0.2, 0.25) is 0 Å². The van der Waals surface area contributed by atoms with Crippen LogP contribution in [0.5, 0.6) is 0 Å². The first-order valence-corrected chi connectivity index (χ1v) is 8.36. The van der Waals surface area contributed by atoms with Gasteiger partial charge in [-0.25, -0.2) is 0 Å². The highest BCUT2D eigenvalue weighted by atomic mass is 16.4. The summed E-state index contributed by atoms with van der Waals surface area (Å²) in [6, 6.07) is 2.15. The maximum absolute atomic E-state index is 11.7. The molecule has 4 rings (SSSR count). The van der Waals surface area contributed by atoms with Crippen molar-refractivity contribution in [1.29, 1.82) is 0 Å². The largest absolute Gasteiger partial charge is 0.481 e. The van der Waals surface area contributed by atoms with Crippen molar-refractivity contribution in [2.24, 2.45) is 5.92 Å². The lowest BCUT2D eigenvalue weighted by Gasteiger charge is -2.41. The van der Waals surface area contributed by atoms with Crippen molar-refractivity contribution in [3.05, 3.63) is 17.5 Å². The van der Waals surface area contributed by atoms with E-state index >= 15 is 0 Å². The molecular formula is C16H22N4O3. The Morgan fingerprint density at radius 3 is 2.78 bits per heavy atom. The monoisotopic (exact) mass is 318 g/mol. The second kappa shape index (κ2) is 5.33. The number of carboxylic acids is 1. The summed E-state index contributed by atoms with van der Waals surface area (Å²) in [6.45, 7) is 2.39. The molecule has 3 N–H and O–H groups in total. The Balaban J connectivity index is 1.38. The Kier molecular flexibility index (Phi) is 3.41. The number of amides is 1. The topological polar surface area (TPSA) is 98.3 Å². The summed E-state index contributed by atoms with van der Waals surface area (Å²) < 4.78 is 0. The van der Waals surface area contributed by atoms with E-state index in [1.165, 1.54) is 18.5 Å². The van der Waals surface area contributed by atoms with Crippen molar-refractivity contribution >= 4 is 11.9 Å². The fourth-order valence-corrected chi connectivity index (χ4v) is 3.99. The van der Waals surface area contributed by atoms with E-state index in [0.717, 1.165) is 25.3 Å². The smallest absolute Gasteiger partial charge is 0.309 e. The van der Waals surface area contributed by atoms with E-state index < -0.39 is 17.4 Å². The maximum Gasteiger partial charge on any atom is 0.309 e. The standard InChI is InChI=1S/C16H22N4O3/c21-14-8-12(15(22)23)16(17-14)3-5-20(6-4-16)9-11-7-13(19-18-11)10-1-2-10/h7,10,12H,1-6,8-9H2,(H,17,21)(H,18,19)(H,22,23). The number of hydrogen-bond donors (Lipinski definition) is 3. The third-order valence-corrected chi connectivity index (χ3v) is 5.53. The molecule has 1 unspecified atom stereocenters. The zero-order valence-corrected chi connectivity index (χ0v) is 13.0. The zero-order chi connectivity index (χ0) is 16.0. The third kappa shape index (κ3) is 2.73. The average molecular weight is 318 g/mol. The molecule has 0 bridgehead atoms. The number of nitrogens with one attached hydrogen (secondary N) is 2. The molecule has 1 amide bonds. The van der Waals surface area contributed by atoms with E-state index in [2.05, 4.69) is 26.5 Å². The van der Waals surface area contributed by atoms with Crippen molar-refractivity contribution in [2.75, 3.05) is 13.1 Å². The van der Waals surface area contributed by atoms with E-state index in [1.54, 1.807) is 0 Å². The number of carbonyl (C=O) groups is 2. The van der Waals surface area contributed by atoms with Gasteiger partial charge in [-0.3, -0.25) is 19.6 Å². The minimum absolute atomic E-state index is 0.112. The molecule has 124 valence electrons. The van der Waals surface area contributed by atoms with Crippen LogP contribution in [-0.2, 0) is 16.1 Å². The van der Waals surface area contributed by atoms with Gasteiger partial charge in [-0.15, -0.1) is 0 Å². The lowest BCUT2D eigenvalue weighted by molar-refractivity contribution is -0.144. The zero-order valence-electron chi connectivity index (χ0n) is 13.0. The number of aliphatic carboxylic acids is 1. The van der Waals surface area contributed by atoms with Crippen molar-refractivity contribution in [3.63, 3.8) is 0 Å². The molecule has 7 heteroatoms. The van der Waals surface area contributed by atoms with Crippen molar-refractivity contribution in [1.82, 2.24) is 20.4 Å². The Morgan fingerprint density at radius 2 is 2.13 bits per heavy atom. The Bertz CT molecular complexity index is 629. The third-order valence-electron chi connectivity index (χ3n) is 5.53. The highest BCUT2D eigenvalue weighted by Crippen LogP contribution is 2.39. The van der Waals surface area contributed by atoms with Crippen LogP contribution in [0.1, 0.15) is 49.4 Å².